The summed E-state index contributed by atoms with van der Waals surface area (Å²) in [6.07, 6.45) is 8.39. The number of fused-ring (bicyclic) bond motifs is 1. The third kappa shape index (κ3) is 4.64. The van der Waals surface area contributed by atoms with Crippen molar-refractivity contribution in [3.8, 4) is 11.3 Å². The van der Waals surface area contributed by atoms with Gasteiger partial charge in [0.1, 0.15) is 0 Å². The van der Waals surface area contributed by atoms with Crippen molar-refractivity contribution in [2.75, 3.05) is 18.1 Å². The number of nitrogens with one attached hydrogen (secondary N) is 1. The van der Waals surface area contributed by atoms with E-state index >= 15 is 0 Å². The summed E-state index contributed by atoms with van der Waals surface area (Å²) < 4.78 is 26.0. The van der Waals surface area contributed by atoms with Gasteiger partial charge in [0.15, 0.2) is 15.5 Å². The maximum absolute atomic E-state index is 13.4. The predicted molar refractivity (Wildman–Crippen MR) is 134 cm³/mol. The van der Waals surface area contributed by atoms with Gasteiger partial charge in [-0.25, -0.2) is 18.1 Å². The summed E-state index contributed by atoms with van der Waals surface area (Å²) in [7, 11) is -3.09. The molecule has 7 nitrogen and oxygen atoms in total. The quantitative estimate of drug-likeness (QED) is 0.531. The normalized spacial score (nSPS) is 19.8. The first-order valence-electron chi connectivity index (χ1n) is 12.0. The number of pyridine rings is 1. The number of allylic oxidation sites excluding steroid dienone is 1. The highest BCUT2D eigenvalue weighted by Gasteiger charge is 2.32. The summed E-state index contributed by atoms with van der Waals surface area (Å²) in [5, 5.41) is 8.46. The van der Waals surface area contributed by atoms with Gasteiger partial charge in [-0.05, 0) is 51.5 Å². The van der Waals surface area contributed by atoms with Crippen molar-refractivity contribution in [2.24, 2.45) is 0 Å². The van der Waals surface area contributed by atoms with E-state index in [9.17, 15) is 13.2 Å². The molecule has 1 aliphatic carbocycles. The second-order valence-corrected chi connectivity index (χ2v) is 11.5. The van der Waals surface area contributed by atoms with E-state index in [0.29, 0.717) is 41.0 Å². The molecule has 0 bridgehead atoms. The zero-order valence-electron chi connectivity index (χ0n) is 19.5. The lowest BCUT2D eigenvalue weighted by molar-refractivity contribution is 0.0955. The van der Waals surface area contributed by atoms with E-state index in [2.05, 4.69) is 16.5 Å². The molecule has 8 heteroatoms. The average molecular weight is 479 g/mol. The highest BCUT2D eigenvalue weighted by atomic mass is 32.2. The van der Waals surface area contributed by atoms with Crippen molar-refractivity contribution in [3.63, 3.8) is 0 Å². The molecule has 0 radical (unpaired) electrons. The van der Waals surface area contributed by atoms with E-state index < -0.39 is 9.84 Å². The van der Waals surface area contributed by atoms with Crippen LogP contribution in [0.4, 0.5) is 0 Å². The van der Waals surface area contributed by atoms with Crippen LogP contribution in [-0.4, -0.2) is 47.1 Å². The number of carbonyl (C=O) groups is 1. The van der Waals surface area contributed by atoms with Crippen molar-refractivity contribution in [2.45, 2.75) is 51.5 Å². The minimum Gasteiger partial charge on any atom is -0.352 e. The maximum Gasteiger partial charge on any atom is 0.252 e. The Morgan fingerprint density at radius 1 is 1.21 bits per heavy atom. The third-order valence-electron chi connectivity index (χ3n) is 6.82. The third-order valence-corrected chi connectivity index (χ3v) is 8.57. The van der Waals surface area contributed by atoms with Gasteiger partial charge in [-0.1, -0.05) is 42.0 Å². The van der Waals surface area contributed by atoms with Crippen molar-refractivity contribution in [3.05, 3.63) is 59.3 Å². The van der Waals surface area contributed by atoms with Gasteiger partial charge in [0, 0.05) is 12.1 Å². The lowest BCUT2D eigenvalue weighted by Crippen LogP contribution is -2.25. The Kier molecular flexibility index (Phi) is 6.25. The lowest BCUT2D eigenvalue weighted by Gasteiger charge is -2.14. The van der Waals surface area contributed by atoms with Crippen LogP contribution in [0.1, 0.15) is 60.6 Å². The van der Waals surface area contributed by atoms with Gasteiger partial charge in [0.25, 0.3) is 5.91 Å². The van der Waals surface area contributed by atoms with E-state index in [0.717, 1.165) is 24.8 Å². The summed E-state index contributed by atoms with van der Waals surface area (Å²) in [6.45, 7) is 2.44. The molecule has 1 atom stereocenters. The molecule has 1 fully saturated rings. The molecule has 1 amide bonds. The number of aryl methyl sites for hydroxylation is 1. The van der Waals surface area contributed by atoms with Gasteiger partial charge in [-0.15, -0.1) is 0 Å². The standard InChI is InChI=1S/C26H30N4O3S/c1-18-24-22(26(31)27-14-12-19-8-4-2-5-9-19)16-23(20-10-6-3-7-11-20)28-25(24)30(29-18)21-13-15-34(32,33)17-21/h3,6-8,10-11,16,21H,2,4-5,9,12-15,17H2,1H3,(H,27,31)/t21-/m0/s1. The fourth-order valence-corrected chi connectivity index (χ4v) is 6.73. The number of hydrogen-bond acceptors (Lipinski definition) is 5. The van der Waals surface area contributed by atoms with Crippen LogP contribution in [0.5, 0.6) is 0 Å². The molecule has 0 saturated carbocycles. The van der Waals surface area contributed by atoms with Crippen molar-refractivity contribution in [1.82, 2.24) is 20.1 Å². The van der Waals surface area contributed by atoms with E-state index in [1.807, 2.05) is 43.3 Å². The minimum atomic E-state index is -3.09. The largest absolute Gasteiger partial charge is 0.352 e. The monoisotopic (exact) mass is 478 g/mol. The first kappa shape index (κ1) is 22.8. The molecule has 178 valence electrons. The fraction of sp³-hybridized carbons (Fsp3) is 0.423. The second kappa shape index (κ2) is 9.33. The second-order valence-electron chi connectivity index (χ2n) is 9.32. The Balaban J connectivity index is 1.53. The molecule has 3 aromatic rings. The Hall–Kier alpha value is -3.00. The number of benzene rings is 1. The number of aromatic nitrogens is 3. The number of nitrogens with zero attached hydrogens (tertiary/aromatic N) is 3. The SMILES string of the molecule is Cc1nn([C@H]2CCS(=O)(=O)C2)c2nc(-c3ccccc3)cc(C(=O)NCCC3=CCCCC3)c12. The molecule has 2 aromatic heterocycles. The molecular formula is C26H30N4O3S. The fourth-order valence-electron chi connectivity index (χ4n) is 5.04. The van der Waals surface area contributed by atoms with Crippen molar-refractivity contribution >= 4 is 26.8 Å². The molecule has 5 rings (SSSR count). The smallest absolute Gasteiger partial charge is 0.252 e. The highest BCUT2D eigenvalue weighted by molar-refractivity contribution is 7.91. The Bertz CT molecular complexity index is 1360. The Morgan fingerprint density at radius 2 is 2.03 bits per heavy atom. The summed E-state index contributed by atoms with van der Waals surface area (Å²) >= 11 is 0. The van der Waals surface area contributed by atoms with E-state index in [1.54, 1.807) is 4.68 Å². The zero-order chi connectivity index (χ0) is 23.7. The summed E-state index contributed by atoms with van der Waals surface area (Å²) in [5.41, 5.74) is 4.78. The molecule has 2 aliphatic rings. The van der Waals surface area contributed by atoms with Gasteiger partial charge in [-0.3, -0.25) is 4.79 Å². The highest BCUT2D eigenvalue weighted by Crippen LogP contribution is 2.32. The van der Waals surface area contributed by atoms with Gasteiger partial charge >= 0.3 is 0 Å². The molecule has 0 unspecified atom stereocenters. The zero-order valence-corrected chi connectivity index (χ0v) is 20.3. The summed E-state index contributed by atoms with van der Waals surface area (Å²) in [6, 6.07) is 11.3. The number of hydrogen-bond donors (Lipinski definition) is 1. The van der Waals surface area contributed by atoms with Crippen LogP contribution in [0.15, 0.2) is 48.0 Å². The first-order chi connectivity index (χ1) is 16.4. The van der Waals surface area contributed by atoms with E-state index in [4.69, 9.17) is 4.98 Å². The minimum absolute atomic E-state index is 0.0527. The molecule has 1 aliphatic heterocycles. The number of carbonyl (C=O) groups excluding carboxylic acids is 1. The Morgan fingerprint density at radius 3 is 2.74 bits per heavy atom. The topological polar surface area (TPSA) is 93.9 Å². The number of amides is 1. The number of rotatable bonds is 6. The van der Waals surface area contributed by atoms with Crippen LogP contribution in [0.25, 0.3) is 22.3 Å². The molecule has 0 spiro atoms. The van der Waals surface area contributed by atoms with Gasteiger partial charge in [0.2, 0.25) is 0 Å². The van der Waals surface area contributed by atoms with Gasteiger partial charge in [-0.2, -0.15) is 5.10 Å². The Labute approximate surface area is 200 Å². The van der Waals surface area contributed by atoms with Crippen LogP contribution >= 0.6 is 0 Å². The van der Waals surface area contributed by atoms with Crippen LogP contribution in [0.2, 0.25) is 0 Å². The number of sulfone groups is 1. The van der Waals surface area contributed by atoms with Crippen molar-refractivity contribution in [1.29, 1.82) is 0 Å². The molecule has 1 aromatic carbocycles. The predicted octanol–water partition coefficient (Wildman–Crippen LogP) is 4.39. The van der Waals surface area contributed by atoms with E-state index in [-0.39, 0.29) is 23.5 Å². The molecule has 3 heterocycles. The first-order valence-corrected chi connectivity index (χ1v) is 13.9. The maximum atomic E-state index is 13.4. The summed E-state index contributed by atoms with van der Waals surface area (Å²) in [5.74, 6) is 0.0548. The lowest BCUT2D eigenvalue weighted by atomic mass is 9.97. The van der Waals surface area contributed by atoms with Crippen LogP contribution < -0.4 is 5.32 Å². The molecular weight excluding hydrogens is 448 g/mol. The van der Waals surface area contributed by atoms with E-state index in [1.165, 1.54) is 18.4 Å². The average Bonchev–Trinajstić information content (AvgIpc) is 3.38. The van der Waals surface area contributed by atoms with Gasteiger partial charge < -0.3 is 5.32 Å². The summed E-state index contributed by atoms with van der Waals surface area (Å²) in [4.78, 5) is 18.3. The van der Waals surface area contributed by atoms with Crippen LogP contribution in [0.3, 0.4) is 0 Å². The molecule has 34 heavy (non-hydrogen) atoms. The molecule has 1 saturated heterocycles. The van der Waals surface area contributed by atoms with Crippen LogP contribution in [0, 0.1) is 6.92 Å². The van der Waals surface area contributed by atoms with Gasteiger partial charge in [0.05, 0.1) is 39.9 Å². The van der Waals surface area contributed by atoms with Crippen LogP contribution in [-0.2, 0) is 9.84 Å². The molecule has 1 N–H and O–H groups in total. The van der Waals surface area contributed by atoms with Crippen molar-refractivity contribution < 1.29 is 13.2 Å².